The standard InChI is InChI=1S/C24H25N5O6/c1-3-23(30)25-20-15-19(16-5-4-6-18(13-16)34-2)26-28(24(20)31)22-14-17(7-8-21(22)29(32)33)27-9-11-35-12-10-27/h4-8,13-15H,3,9-12H2,1-2H3,(H,25,30). The van der Waals surface area contributed by atoms with Crippen LogP contribution >= 0.6 is 0 Å². The first-order chi connectivity index (χ1) is 16.9. The lowest BCUT2D eigenvalue weighted by atomic mass is 10.1. The smallest absolute Gasteiger partial charge is 0.295 e. The number of nitrogens with zero attached hydrogens (tertiary/aromatic N) is 4. The molecule has 11 nitrogen and oxygen atoms in total. The number of carbonyl (C=O) groups is 1. The molecule has 1 saturated heterocycles. The molecule has 0 radical (unpaired) electrons. The maximum atomic E-state index is 13.4. The molecule has 11 heteroatoms. The molecule has 182 valence electrons. The first kappa shape index (κ1) is 23.9. The molecule has 1 fully saturated rings. The molecule has 3 aromatic rings. The molecule has 0 aliphatic carbocycles. The molecule has 1 aliphatic rings. The van der Waals surface area contributed by atoms with Gasteiger partial charge in [0, 0.05) is 36.8 Å². The minimum atomic E-state index is -0.680. The van der Waals surface area contributed by atoms with Crippen LogP contribution in [0.3, 0.4) is 0 Å². The molecular formula is C24H25N5O6. The topological polar surface area (TPSA) is 129 Å². The van der Waals surface area contributed by atoms with E-state index in [9.17, 15) is 19.7 Å². The highest BCUT2D eigenvalue weighted by atomic mass is 16.6. The van der Waals surface area contributed by atoms with Crippen LogP contribution in [0.4, 0.5) is 17.1 Å². The van der Waals surface area contributed by atoms with Gasteiger partial charge in [0.25, 0.3) is 11.2 Å². The summed E-state index contributed by atoms with van der Waals surface area (Å²) in [5.41, 5.74) is 0.649. The third-order valence-electron chi connectivity index (χ3n) is 5.63. The number of morpholine rings is 1. The molecule has 1 aromatic heterocycles. The van der Waals surface area contributed by atoms with Crippen molar-refractivity contribution in [1.29, 1.82) is 0 Å². The summed E-state index contributed by atoms with van der Waals surface area (Å²) in [7, 11) is 1.53. The minimum absolute atomic E-state index is 0.000681. The van der Waals surface area contributed by atoms with Gasteiger partial charge in [-0.25, -0.2) is 0 Å². The Hall–Kier alpha value is -4.25. The molecule has 0 saturated carbocycles. The Morgan fingerprint density at radius 2 is 1.97 bits per heavy atom. The van der Waals surface area contributed by atoms with Gasteiger partial charge in [0.1, 0.15) is 17.1 Å². The van der Waals surface area contributed by atoms with Gasteiger partial charge in [-0.05, 0) is 30.3 Å². The van der Waals surface area contributed by atoms with Crippen molar-refractivity contribution in [1.82, 2.24) is 9.78 Å². The van der Waals surface area contributed by atoms with E-state index in [0.717, 1.165) is 4.68 Å². The van der Waals surface area contributed by atoms with Gasteiger partial charge in [-0.2, -0.15) is 9.78 Å². The van der Waals surface area contributed by atoms with E-state index in [1.54, 1.807) is 43.3 Å². The highest BCUT2D eigenvalue weighted by Crippen LogP contribution is 2.29. The van der Waals surface area contributed by atoms with Crippen LogP contribution in [0.15, 0.2) is 53.3 Å². The summed E-state index contributed by atoms with van der Waals surface area (Å²) in [5.74, 6) is 0.203. The van der Waals surface area contributed by atoms with Crippen LogP contribution in [0.5, 0.6) is 5.75 Å². The molecule has 35 heavy (non-hydrogen) atoms. The number of benzene rings is 2. The van der Waals surface area contributed by atoms with Crippen molar-refractivity contribution in [3.8, 4) is 22.7 Å². The second-order valence-electron chi connectivity index (χ2n) is 7.82. The average Bonchev–Trinajstić information content (AvgIpc) is 2.89. The monoisotopic (exact) mass is 479 g/mol. The number of aromatic nitrogens is 2. The zero-order chi connectivity index (χ0) is 24.9. The molecule has 2 aromatic carbocycles. The summed E-state index contributed by atoms with van der Waals surface area (Å²) in [6.45, 7) is 3.95. The van der Waals surface area contributed by atoms with Gasteiger partial charge in [-0.3, -0.25) is 19.7 Å². The van der Waals surface area contributed by atoms with E-state index >= 15 is 0 Å². The fraction of sp³-hybridized carbons (Fsp3) is 0.292. The first-order valence-electron chi connectivity index (χ1n) is 11.1. The normalized spacial score (nSPS) is 13.4. The molecule has 1 aliphatic heterocycles. The molecule has 0 atom stereocenters. The van der Waals surface area contributed by atoms with Crippen molar-refractivity contribution in [2.45, 2.75) is 13.3 Å². The summed E-state index contributed by atoms with van der Waals surface area (Å²) in [5, 5.41) is 18.9. The summed E-state index contributed by atoms with van der Waals surface area (Å²) < 4.78 is 11.7. The molecule has 0 spiro atoms. The summed E-state index contributed by atoms with van der Waals surface area (Å²) in [6.07, 6.45) is 0.156. The number of hydrogen-bond acceptors (Lipinski definition) is 8. The lowest BCUT2D eigenvalue weighted by Gasteiger charge is -2.29. The number of nitro groups is 1. The Balaban J connectivity index is 1.93. The third kappa shape index (κ3) is 5.14. The van der Waals surface area contributed by atoms with Crippen molar-refractivity contribution >= 4 is 23.0 Å². The predicted molar refractivity (Wildman–Crippen MR) is 130 cm³/mol. The predicted octanol–water partition coefficient (Wildman–Crippen LogP) is 3.00. The first-order valence-corrected chi connectivity index (χ1v) is 11.1. The Morgan fingerprint density at radius 3 is 2.66 bits per heavy atom. The minimum Gasteiger partial charge on any atom is -0.497 e. The van der Waals surface area contributed by atoms with E-state index in [1.165, 1.54) is 19.2 Å². The quantitative estimate of drug-likeness (QED) is 0.404. The number of rotatable bonds is 7. The number of nitrogens with one attached hydrogen (secondary N) is 1. The van der Waals surface area contributed by atoms with Gasteiger partial charge in [0.2, 0.25) is 5.91 Å². The lowest BCUT2D eigenvalue weighted by molar-refractivity contribution is -0.384. The Labute approximate surface area is 201 Å². The molecular weight excluding hydrogens is 454 g/mol. The van der Waals surface area contributed by atoms with Crippen molar-refractivity contribution in [3.05, 3.63) is 69.0 Å². The maximum Gasteiger partial charge on any atom is 0.295 e. The Morgan fingerprint density at radius 1 is 1.20 bits per heavy atom. The zero-order valence-electron chi connectivity index (χ0n) is 19.4. The number of amides is 1. The van der Waals surface area contributed by atoms with Gasteiger partial charge in [-0.1, -0.05) is 19.1 Å². The molecule has 2 heterocycles. The van der Waals surface area contributed by atoms with Gasteiger partial charge in [0.15, 0.2) is 0 Å². The van der Waals surface area contributed by atoms with Gasteiger partial charge in [-0.15, -0.1) is 0 Å². The molecule has 1 N–H and O–H groups in total. The maximum absolute atomic E-state index is 13.4. The Bertz CT molecular complexity index is 1320. The van der Waals surface area contributed by atoms with Gasteiger partial charge in [0.05, 0.1) is 30.9 Å². The average molecular weight is 479 g/mol. The molecule has 0 bridgehead atoms. The molecule has 1 amide bonds. The molecule has 0 unspecified atom stereocenters. The summed E-state index contributed by atoms with van der Waals surface area (Å²) >= 11 is 0. The third-order valence-corrected chi connectivity index (χ3v) is 5.63. The molecule has 4 rings (SSSR count). The van der Waals surface area contributed by atoms with Crippen LogP contribution in [0.1, 0.15) is 13.3 Å². The van der Waals surface area contributed by atoms with E-state index < -0.39 is 10.5 Å². The highest BCUT2D eigenvalue weighted by Gasteiger charge is 2.23. The fourth-order valence-corrected chi connectivity index (χ4v) is 3.76. The number of nitro benzene ring substituents is 1. The van der Waals surface area contributed by atoms with E-state index in [4.69, 9.17) is 9.47 Å². The Kier molecular flexibility index (Phi) is 7.06. The summed E-state index contributed by atoms with van der Waals surface area (Å²) in [4.78, 5) is 38.9. The fourth-order valence-electron chi connectivity index (χ4n) is 3.76. The lowest BCUT2D eigenvalue weighted by Crippen LogP contribution is -2.36. The van der Waals surface area contributed by atoms with Crippen LogP contribution in [0, 0.1) is 10.1 Å². The number of carbonyl (C=O) groups excluding carboxylic acids is 1. The highest BCUT2D eigenvalue weighted by molar-refractivity contribution is 5.91. The SMILES string of the molecule is CCC(=O)Nc1cc(-c2cccc(OC)c2)nn(-c2cc(N3CCOCC3)ccc2[N+](=O)[O-])c1=O. The van der Waals surface area contributed by atoms with E-state index in [-0.39, 0.29) is 29.4 Å². The van der Waals surface area contributed by atoms with Crippen molar-refractivity contribution in [2.75, 3.05) is 43.6 Å². The number of ether oxygens (including phenoxy) is 2. The van der Waals surface area contributed by atoms with Gasteiger partial charge >= 0.3 is 0 Å². The zero-order valence-corrected chi connectivity index (χ0v) is 19.4. The van der Waals surface area contributed by atoms with Crippen molar-refractivity contribution in [3.63, 3.8) is 0 Å². The van der Waals surface area contributed by atoms with Crippen molar-refractivity contribution in [2.24, 2.45) is 0 Å². The van der Waals surface area contributed by atoms with Crippen LogP contribution in [0.2, 0.25) is 0 Å². The van der Waals surface area contributed by atoms with E-state index in [1.807, 2.05) is 4.90 Å². The van der Waals surface area contributed by atoms with E-state index in [0.29, 0.717) is 49.0 Å². The number of methoxy groups -OCH3 is 1. The van der Waals surface area contributed by atoms with Crippen molar-refractivity contribution < 1.29 is 19.2 Å². The number of hydrogen-bond donors (Lipinski definition) is 1. The van der Waals surface area contributed by atoms with Crippen LogP contribution < -0.4 is 20.5 Å². The van der Waals surface area contributed by atoms with Crippen LogP contribution in [-0.4, -0.2) is 54.0 Å². The van der Waals surface area contributed by atoms with Crippen LogP contribution in [0.25, 0.3) is 16.9 Å². The van der Waals surface area contributed by atoms with Gasteiger partial charge < -0.3 is 19.7 Å². The largest absolute Gasteiger partial charge is 0.497 e. The summed E-state index contributed by atoms with van der Waals surface area (Å²) in [6, 6.07) is 13.0. The number of anilines is 2. The second-order valence-corrected chi connectivity index (χ2v) is 7.82. The van der Waals surface area contributed by atoms with E-state index in [2.05, 4.69) is 10.4 Å². The van der Waals surface area contributed by atoms with Crippen LogP contribution in [-0.2, 0) is 9.53 Å². The second kappa shape index (κ2) is 10.3.